The number of imidazole rings is 1. The van der Waals surface area contributed by atoms with Crippen LogP contribution in [0.1, 0.15) is 36.3 Å². The van der Waals surface area contributed by atoms with Crippen LogP contribution in [0, 0.1) is 6.92 Å². The second-order valence-corrected chi connectivity index (χ2v) is 7.39. The summed E-state index contributed by atoms with van der Waals surface area (Å²) in [7, 11) is 2.01. The van der Waals surface area contributed by atoms with Crippen LogP contribution in [0.2, 0.25) is 0 Å². The quantitative estimate of drug-likeness (QED) is 0.769. The van der Waals surface area contributed by atoms with Gasteiger partial charge in [-0.25, -0.2) is 4.98 Å². The van der Waals surface area contributed by atoms with Crippen molar-refractivity contribution in [3.05, 3.63) is 53.6 Å². The van der Waals surface area contributed by atoms with Crippen LogP contribution in [0.15, 0.2) is 36.7 Å². The molecule has 6 nitrogen and oxygen atoms in total. The molecular weight excluding hydrogens is 374 g/mol. The van der Waals surface area contributed by atoms with Gasteiger partial charge >= 0.3 is 0 Å². The van der Waals surface area contributed by atoms with Gasteiger partial charge in [0, 0.05) is 52.2 Å². The maximum Gasteiger partial charge on any atom is 0.237 e. The van der Waals surface area contributed by atoms with Crippen molar-refractivity contribution in [2.75, 3.05) is 32.7 Å². The summed E-state index contributed by atoms with van der Waals surface area (Å²) >= 11 is 0. The van der Waals surface area contributed by atoms with Gasteiger partial charge in [0.25, 0.3) is 0 Å². The van der Waals surface area contributed by atoms with Gasteiger partial charge in [0.05, 0.1) is 12.6 Å². The van der Waals surface area contributed by atoms with Gasteiger partial charge in [-0.1, -0.05) is 36.8 Å². The Morgan fingerprint density at radius 3 is 2.71 bits per heavy atom. The molecule has 1 amide bonds. The molecule has 0 spiro atoms. The summed E-state index contributed by atoms with van der Waals surface area (Å²) in [6, 6.07) is 8.58. The number of aromatic nitrogens is 2. The molecule has 28 heavy (non-hydrogen) atoms. The Hall–Kier alpha value is -1.89. The second-order valence-electron chi connectivity index (χ2n) is 7.39. The van der Waals surface area contributed by atoms with Crippen molar-refractivity contribution in [2.45, 2.75) is 32.9 Å². The normalized spacial score (nSPS) is 17.2. The van der Waals surface area contributed by atoms with Gasteiger partial charge in [-0.15, -0.1) is 12.4 Å². The highest BCUT2D eigenvalue weighted by Gasteiger charge is 2.29. The number of halogens is 1. The first-order chi connectivity index (χ1) is 13.1. The summed E-state index contributed by atoms with van der Waals surface area (Å²) in [5.41, 5.74) is 2.43. The van der Waals surface area contributed by atoms with E-state index in [0.29, 0.717) is 13.1 Å². The summed E-state index contributed by atoms with van der Waals surface area (Å²) in [5.74, 6) is 1.20. The fourth-order valence-electron chi connectivity index (χ4n) is 3.64. The van der Waals surface area contributed by atoms with Crippen LogP contribution in [-0.2, 0) is 18.4 Å². The summed E-state index contributed by atoms with van der Waals surface area (Å²) in [6.07, 6.45) is 4.75. The van der Waals surface area contributed by atoms with Gasteiger partial charge < -0.3 is 14.8 Å². The third kappa shape index (κ3) is 5.56. The van der Waals surface area contributed by atoms with Gasteiger partial charge in [0.1, 0.15) is 5.82 Å². The van der Waals surface area contributed by atoms with Crippen LogP contribution < -0.4 is 5.32 Å². The molecule has 0 bridgehead atoms. The fraction of sp³-hybridized carbons (Fsp3) is 0.524. The molecule has 1 fully saturated rings. The number of hydrogen-bond acceptors (Lipinski definition) is 4. The zero-order chi connectivity index (χ0) is 19.2. The number of carbonyl (C=O) groups is 1. The maximum atomic E-state index is 13.1. The fourth-order valence-corrected chi connectivity index (χ4v) is 3.64. The van der Waals surface area contributed by atoms with Gasteiger partial charge in [0.2, 0.25) is 5.91 Å². The smallest absolute Gasteiger partial charge is 0.237 e. The molecule has 154 valence electrons. The molecule has 1 atom stereocenters. The lowest BCUT2D eigenvalue weighted by Gasteiger charge is -2.36. The molecule has 1 aromatic heterocycles. The molecule has 3 rings (SSSR count). The van der Waals surface area contributed by atoms with E-state index in [2.05, 4.69) is 53.3 Å². The first-order valence-electron chi connectivity index (χ1n) is 9.83. The first kappa shape index (κ1) is 22.4. The number of hydrogen-bond donors (Lipinski definition) is 1. The first-order valence-corrected chi connectivity index (χ1v) is 9.83. The van der Waals surface area contributed by atoms with Crippen LogP contribution >= 0.6 is 12.4 Å². The highest BCUT2D eigenvalue weighted by molar-refractivity contribution is 5.85. The zero-order valence-corrected chi connectivity index (χ0v) is 17.9. The van der Waals surface area contributed by atoms with Crippen LogP contribution in [0.5, 0.6) is 0 Å². The molecule has 1 aliphatic heterocycles. The largest absolute Gasteiger partial charge is 0.337 e. The van der Waals surface area contributed by atoms with Crippen LogP contribution in [0.25, 0.3) is 0 Å². The van der Waals surface area contributed by atoms with Crippen molar-refractivity contribution >= 4 is 18.3 Å². The molecule has 0 saturated carbocycles. The molecule has 2 aromatic rings. The summed E-state index contributed by atoms with van der Waals surface area (Å²) < 4.78 is 2.05. The Balaban J connectivity index is 0.00000280. The Morgan fingerprint density at radius 2 is 2.07 bits per heavy atom. The number of aryl methyl sites for hydroxylation is 2. The van der Waals surface area contributed by atoms with E-state index in [1.165, 1.54) is 11.1 Å². The molecule has 1 aliphatic rings. The average molecular weight is 406 g/mol. The molecule has 2 heterocycles. The average Bonchev–Trinajstić information content (AvgIpc) is 3.09. The highest BCUT2D eigenvalue weighted by atomic mass is 35.5. The van der Waals surface area contributed by atoms with Crippen molar-refractivity contribution in [3.63, 3.8) is 0 Å². The van der Waals surface area contributed by atoms with E-state index >= 15 is 0 Å². The molecule has 7 heteroatoms. The van der Waals surface area contributed by atoms with Crippen LogP contribution in [0.4, 0.5) is 0 Å². The summed E-state index contributed by atoms with van der Waals surface area (Å²) in [6.45, 7) is 8.68. The van der Waals surface area contributed by atoms with Crippen molar-refractivity contribution in [1.29, 1.82) is 0 Å². The SMILES string of the molecule is CCCN(Cc1ccc(C)cc1)C(=O)CN1CCNCC1c1nccn1C.Cl. The molecular formula is C21H32ClN5O. The minimum Gasteiger partial charge on any atom is -0.337 e. The standard InChI is InChI=1S/C21H31N5O.ClH/c1-4-11-26(15-18-7-5-17(2)6-8-18)20(27)16-25-13-9-22-14-19(25)21-23-10-12-24(21)3;/h5-8,10,12,19,22H,4,9,11,13-16H2,1-3H3;1H. The number of rotatable bonds is 7. The van der Waals surface area contributed by atoms with E-state index in [9.17, 15) is 4.79 Å². The number of piperazine rings is 1. The molecule has 1 aromatic carbocycles. The van der Waals surface area contributed by atoms with Crippen molar-refractivity contribution in [1.82, 2.24) is 24.7 Å². The van der Waals surface area contributed by atoms with Crippen LogP contribution in [0.3, 0.4) is 0 Å². The predicted molar refractivity (Wildman–Crippen MR) is 115 cm³/mol. The second kappa shape index (κ2) is 10.6. The minimum atomic E-state index is 0. The Morgan fingerprint density at radius 1 is 1.32 bits per heavy atom. The van der Waals surface area contributed by atoms with Crippen LogP contribution in [-0.4, -0.2) is 58.0 Å². The van der Waals surface area contributed by atoms with Crippen molar-refractivity contribution in [3.8, 4) is 0 Å². The highest BCUT2D eigenvalue weighted by Crippen LogP contribution is 2.20. The van der Waals surface area contributed by atoms with Gasteiger partial charge in [-0.3, -0.25) is 9.69 Å². The van der Waals surface area contributed by atoms with E-state index < -0.39 is 0 Å². The Bertz CT molecular complexity index is 746. The topological polar surface area (TPSA) is 53.4 Å². The van der Waals surface area contributed by atoms with Crippen molar-refractivity contribution in [2.24, 2.45) is 7.05 Å². The van der Waals surface area contributed by atoms with E-state index in [0.717, 1.165) is 38.4 Å². The zero-order valence-electron chi connectivity index (χ0n) is 17.1. The number of nitrogens with one attached hydrogen (secondary N) is 1. The summed E-state index contributed by atoms with van der Waals surface area (Å²) in [5, 5.41) is 3.43. The molecule has 0 radical (unpaired) electrons. The lowest BCUT2D eigenvalue weighted by atomic mass is 10.1. The monoisotopic (exact) mass is 405 g/mol. The number of nitrogens with zero attached hydrogens (tertiary/aromatic N) is 4. The van der Waals surface area contributed by atoms with Gasteiger partial charge in [-0.2, -0.15) is 0 Å². The lowest BCUT2D eigenvalue weighted by molar-refractivity contribution is -0.134. The lowest BCUT2D eigenvalue weighted by Crippen LogP contribution is -2.50. The number of benzene rings is 1. The number of amides is 1. The Kier molecular flexibility index (Phi) is 8.48. The van der Waals surface area contributed by atoms with Gasteiger partial charge in [-0.05, 0) is 18.9 Å². The van der Waals surface area contributed by atoms with Gasteiger partial charge in [0.15, 0.2) is 0 Å². The third-order valence-electron chi connectivity index (χ3n) is 5.19. The molecule has 1 saturated heterocycles. The van der Waals surface area contributed by atoms with E-state index in [1.807, 2.05) is 28.9 Å². The van der Waals surface area contributed by atoms with Crippen molar-refractivity contribution < 1.29 is 4.79 Å². The molecule has 1 unspecified atom stereocenters. The van der Waals surface area contributed by atoms with E-state index in [1.54, 1.807) is 0 Å². The molecule has 0 aliphatic carbocycles. The van der Waals surface area contributed by atoms with E-state index in [4.69, 9.17) is 0 Å². The maximum absolute atomic E-state index is 13.1. The molecule has 1 N–H and O–H groups in total. The Labute approximate surface area is 174 Å². The third-order valence-corrected chi connectivity index (χ3v) is 5.19. The minimum absolute atomic E-state index is 0. The van der Waals surface area contributed by atoms with E-state index in [-0.39, 0.29) is 24.4 Å². The number of carbonyl (C=O) groups excluding carboxylic acids is 1. The summed E-state index contributed by atoms with van der Waals surface area (Å²) in [4.78, 5) is 21.9. The predicted octanol–water partition coefficient (Wildman–Crippen LogP) is 2.54.